The van der Waals surface area contributed by atoms with Gasteiger partial charge in [0, 0.05) is 17.4 Å². The van der Waals surface area contributed by atoms with Crippen LogP contribution in [0.15, 0.2) is 60.9 Å². The van der Waals surface area contributed by atoms with Crippen LogP contribution in [0.2, 0.25) is 0 Å². The van der Waals surface area contributed by atoms with Crippen LogP contribution in [0.5, 0.6) is 11.5 Å². The molecule has 2 aromatic heterocycles. The maximum atomic E-state index is 12.6. The summed E-state index contributed by atoms with van der Waals surface area (Å²) in [4.78, 5) is 29.1. The molecule has 9 nitrogen and oxygen atoms in total. The minimum atomic E-state index is -0.471. The molecular formula is C24H20N4O5. The zero-order valence-electron chi connectivity index (χ0n) is 17.8. The van der Waals surface area contributed by atoms with Crippen molar-refractivity contribution in [1.82, 2.24) is 14.6 Å². The highest BCUT2D eigenvalue weighted by Crippen LogP contribution is 2.32. The zero-order valence-corrected chi connectivity index (χ0v) is 17.8. The van der Waals surface area contributed by atoms with Gasteiger partial charge in [-0.05, 0) is 42.8 Å². The first kappa shape index (κ1) is 20.5. The maximum absolute atomic E-state index is 12.6. The molecule has 166 valence electrons. The number of aromatic nitrogens is 3. The van der Waals surface area contributed by atoms with Crippen LogP contribution in [0.3, 0.4) is 0 Å². The van der Waals surface area contributed by atoms with Gasteiger partial charge >= 0.3 is 5.97 Å². The number of benzene rings is 2. The van der Waals surface area contributed by atoms with Gasteiger partial charge in [0.25, 0.3) is 0 Å². The van der Waals surface area contributed by atoms with Crippen LogP contribution < -0.4 is 14.8 Å². The highest BCUT2D eigenvalue weighted by molar-refractivity contribution is 5.96. The summed E-state index contributed by atoms with van der Waals surface area (Å²) in [6.07, 6.45) is 3.25. The molecule has 1 aliphatic heterocycles. The number of fused-ring (bicyclic) bond motifs is 2. The monoisotopic (exact) mass is 444 g/mol. The third kappa shape index (κ3) is 4.08. The minimum absolute atomic E-state index is 0.158. The molecule has 0 aliphatic carbocycles. The Hall–Kier alpha value is -4.40. The van der Waals surface area contributed by atoms with Gasteiger partial charge in [-0.3, -0.25) is 4.79 Å². The first-order valence-electron chi connectivity index (χ1n) is 10.4. The molecule has 2 aromatic carbocycles. The Bertz CT molecular complexity index is 1360. The van der Waals surface area contributed by atoms with E-state index in [4.69, 9.17) is 14.2 Å². The molecule has 1 amide bonds. The van der Waals surface area contributed by atoms with Crippen LogP contribution in [-0.2, 0) is 16.0 Å². The third-order valence-electron chi connectivity index (χ3n) is 5.14. The molecule has 0 saturated heterocycles. The lowest BCUT2D eigenvalue weighted by molar-refractivity contribution is -0.115. The van der Waals surface area contributed by atoms with Gasteiger partial charge in [0.05, 0.1) is 24.9 Å². The van der Waals surface area contributed by atoms with E-state index in [0.29, 0.717) is 28.4 Å². The number of nitrogens with zero attached hydrogens (tertiary/aromatic N) is 3. The predicted octanol–water partition coefficient (Wildman–Crippen LogP) is 3.48. The van der Waals surface area contributed by atoms with Crippen LogP contribution in [0.25, 0.3) is 16.9 Å². The Morgan fingerprint density at radius 2 is 2.00 bits per heavy atom. The average Bonchev–Trinajstić information content (AvgIpc) is 3.46. The number of anilines is 1. The van der Waals surface area contributed by atoms with Gasteiger partial charge in [0.2, 0.25) is 12.7 Å². The van der Waals surface area contributed by atoms with Crippen LogP contribution in [0.4, 0.5) is 5.69 Å². The van der Waals surface area contributed by atoms with Gasteiger partial charge in [-0.1, -0.05) is 18.2 Å². The van der Waals surface area contributed by atoms with E-state index in [1.54, 1.807) is 29.8 Å². The summed E-state index contributed by atoms with van der Waals surface area (Å²) in [5.74, 6) is 0.696. The van der Waals surface area contributed by atoms with E-state index in [1.807, 2.05) is 36.4 Å². The van der Waals surface area contributed by atoms with Crippen molar-refractivity contribution in [3.8, 4) is 22.8 Å². The lowest BCUT2D eigenvalue weighted by atomic mass is 10.1. The van der Waals surface area contributed by atoms with Crippen molar-refractivity contribution in [3.63, 3.8) is 0 Å². The fourth-order valence-corrected chi connectivity index (χ4v) is 3.66. The number of nitrogens with one attached hydrogen (secondary N) is 1. The quantitative estimate of drug-likeness (QED) is 0.454. The van der Waals surface area contributed by atoms with E-state index >= 15 is 0 Å². The number of hydrogen-bond acceptors (Lipinski definition) is 7. The summed E-state index contributed by atoms with van der Waals surface area (Å²) >= 11 is 0. The minimum Gasteiger partial charge on any atom is -0.462 e. The SMILES string of the molecule is CCOC(=O)c1cnn2c(-c3cccc(NC(=O)Cc4ccc5c(c4)OCO5)c3)ccnc12. The molecule has 3 heterocycles. The number of rotatable bonds is 6. The first-order chi connectivity index (χ1) is 16.1. The highest BCUT2D eigenvalue weighted by atomic mass is 16.7. The van der Waals surface area contributed by atoms with Crippen molar-refractivity contribution in [2.45, 2.75) is 13.3 Å². The molecule has 0 bridgehead atoms. The Morgan fingerprint density at radius 1 is 1.12 bits per heavy atom. The van der Waals surface area contributed by atoms with Gasteiger partial charge in [-0.2, -0.15) is 5.10 Å². The Labute approximate surface area is 188 Å². The average molecular weight is 444 g/mol. The van der Waals surface area contributed by atoms with Gasteiger partial charge < -0.3 is 19.5 Å². The van der Waals surface area contributed by atoms with Gasteiger partial charge in [0.15, 0.2) is 17.1 Å². The molecule has 1 N–H and O–H groups in total. The first-order valence-corrected chi connectivity index (χ1v) is 10.4. The van der Waals surface area contributed by atoms with Gasteiger partial charge in [0.1, 0.15) is 5.56 Å². The second kappa shape index (κ2) is 8.62. The molecule has 4 aromatic rings. The largest absolute Gasteiger partial charge is 0.462 e. The molecule has 0 unspecified atom stereocenters. The second-order valence-electron chi connectivity index (χ2n) is 7.34. The number of carbonyl (C=O) groups is 2. The lowest BCUT2D eigenvalue weighted by Crippen LogP contribution is -2.14. The van der Waals surface area contributed by atoms with Crippen LogP contribution in [0, 0.1) is 0 Å². The van der Waals surface area contributed by atoms with Crippen molar-refractivity contribution in [2.24, 2.45) is 0 Å². The molecule has 33 heavy (non-hydrogen) atoms. The van der Waals surface area contributed by atoms with Gasteiger partial charge in [-0.15, -0.1) is 0 Å². The van der Waals surface area contributed by atoms with Crippen LogP contribution in [0.1, 0.15) is 22.8 Å². The van der Waals surface area contributed by atoms with Gasteiger partial charge in [-0.25, -0.2) is 14.3 Å². The Balaban J connectivity index is 1.36. The predicted molar refractivity (Wildman–Crippen MR) is 119 cm³/mol. The fraction of sp³-hybridized carbons (Fsp3) is 0.167. The smallest absolute Gasteiger partial charge is 0.343 e. The van der Waals surface area contributed by atoms with E-state index in [0.717, 1.165) is 16.8 Å². The topological polar surface area (TPSA) is 104 Å². The molecular weight excluding hydrogens is 424 g/mol. The molecule has 9 heteroatoms. The number of ether oxygens (including phenoxy) is 3. The van der Waals surface area contributed by atoms with Crippen molar-refractivity contribution in [1.29, 1.82) is 0 Å². The van der Waals surface area contributed by atoms with E-state index < -0.39 is 5.97 Å². The third-order valence-corrected chi connectivity index (χ3v) is 5.14. The van der Waals surface area contributed by atoms with E-state index in [1.165, 1.54) is 6.20 Å². The molecule has 1 aliphatic rings. The standard InChI is InChI=1S/C24H20N4O5/c1-2-31-24(30)18-13-26-28-19(8-9-25-23(18)28)16-4-3-5-17(12-16)27-22(29)11-15-6-7-20-21(10-15)33-14-32-20/h3-10,12-13H,2,11,14H2,1H3,(H,27,29). The summed E-state index contributed by atoms with van der Waals surface area (Å²) in [6.45, 7) is 2.20. The van der Waals surface area contributed by atoms with Crippen LogP contribution in [-0.4, -0.2) is 39.9 Å². The molecule has 0 spiro atoms. The molecule has 0 fully saturated rings. The van der Waals surface area contributed by atoms with Crippen LogP contribution >= 0.6 is 0 Å². The number of carbonyl (C=O) groups excluding carboxylic acids is 2. The van der Waals surface area contributed by atoms with E-state index in [2.05, 4.69) is 15.4 Å². The van der Waals surface area contributed by atoms with Crippen molar-refractivity contribution >= 4 is 23.2 Å². The molecule has 0 radical (unpaired) electrons. The number of amides is 1. The summed E-state index contributed by atoms with van der Waals surface area (Å²) in [5.41, 5.74) is 3.70. The number of hydrogen-bond donors (Lipinski definition) is 1. The molecule has 0 saturated carbocycles. The lowest BCUT2D eigenvalue weighted by Gasteiger charge is -2.09. The molecule has 5 rings (SSSR count). The Morgan fingerprint density at radius 3 is 2.88 bits per heavy atom. The summed E-state index contributed by atoms with van der Waals surface area (Å²) in [5, 5.41) is 7.24. The Kier molecular flexibility index (Phi) is 5.35. The fourth-order valence-electron chi connectivity index (χ4n) is 3.66. The maximum Gasteiger partial charge on any atom is 0.343 e. The van der Waals surface area contributed by atoms with E-state index in [9.17, 15) is 9.59 Å². The number of esters is 1. The van der Waals surface area contributed by atoms with Crippen molar-refractivity contribution in [2.75, 3.05) is 18.7 Å². The molecule has 0 atom stereocenters. The summed E-state index contributed by atoms with van der Waals surface area (Å²) in [7, 11) is 0. The highest BCUT2D eigenvalue weighted by Gasteiger charge is 2.18. The second-order valence-corrected chi connectivity index (χ2v) is 7.34. The summed E-state index contributed by atoms with van der Waals surface area (Å²) in [6, 6.07) is 14.6. The zero-order chi connectivity index (χ0) is 22.8. The van der Waals surface area contributed by atoms with E-state index in [-0.39, 0.29) is 25.7 Å². The van der Waals surface area contributed by atoms with Crippen molar-refractivity contribution in [3.05, 3.63) is 72.1 Å². The normalized spacial score (nSPS) is 12.0. The summed E-state index contributed by atoms with van der Waals surface area (Å²) < 4.78 is 17.3. The van der Waals surface area contributed by atoms with Crippen molar-refractivity contribution < 1.29 is 23.8 Å².